The van der Waals surface area contributed by atoms with Gasteiger partial charge in [-0.15, -0.1) is 21.5 Å². The van der Waals surface area contributed by atoms with E-state index in [2.05, 4.69) is 20.5 Å². The van der Waals surface area contributed by atoms with Gasteiger partial charge in [-0.05, 0) is 0 Å². The molecule has 2 aromatic heterocycles. The highest BCUT2D eigenvalue weighted by Gasteiger charge is 2.35. The molecule has 2 heterocycles. The van der Waals surface area contributed by atoms with E-state index in [1.807, 2.05) is 0 Å². The summed E-state index contributed by atoms with van der Waals surface area (Å²) in [5, 5.41) is 8.42. The summed E-state index contributed by atoms with van der Waals surface area (Å²) in [5.74, 6) is 0. The summed E-state index contributed by atoms with van der Waals surface area (Å²) in [6, 6.07) is 0. The van der Waals surface area contributed by atoms with Gasteiger partial charge >= 0.3 is 6.18 Å². The first-order chi connectivity index (χ1) is 7.55. The summed E-state index contributed by atoms with van der Waals surface area (Å²) in [5.41, 5.74) is 1.65. The average Bonchev–Trinajstić information content (AvgIpc) is 2.85. The van der Waals surface area contributed by atoms with E-state index in [0.717, 1.165) is 4.88 Å². The van der Waals surface area contributed by atoms with Crippen molar-refractivity contribution in [2.45, 2.75) is 12.7 Å². The van der Waals surface area contributed by atoms with Crippen molar-refractivity contribution in [2.24, 2.45) is 0 Å². The Balaban J connectivity index is 1.98. The summed E-state index contributed by atoms with van der Waals surface area (Å²) in [4.78, 5) is 4.76. The molecule has 0 aromatic carbocycles. The Labute approximate surface area is 96.2 Å². The van der Waals surface area contributed by atoms with E-state index in [-0.39, 0.29) is 5.13 Å². The molecule has 0 saturated heterocycles. The fraction of sp³-hybridized carbons (Fsp3) is 0.286. The second-order valence-corrected chi connectivity index (χ2v) is 4.68. The van der Waals surface area contributed by atoms with Gasteiger partial charge < -0.3 is 5.32 Å². The van der Waals surface area contributed by atoms with Crippen molar-refractivity contribution >= 4 is 27.8 Å². The highest BCUT2D eigenvalue weighted by atomic mass is 32.1. The molecule has 0 aliphatic heterocycles. The lowest BCUT2D eigenvalue weighted by atomic mass is 10.5. The zero-order valence-electron chi connectivity index (χ0n) is 7.65. The monoisotopic (exact) mass is 266 g/mol. The standard InChI is InChI=1S/C7H5F3N4S2/c8-7(9,10)5-13-14-6(16-5)12-2-4-1-11-3-15-4/h1,3H,2H2,(H,12,14). The number of hydrogen-bond acceptors (Lipinski definition) is 6. The van der Waals surface area contributed by atoms with Gasteiger partial charge in [0.1, 0.15) is 0 Å². The van der Waals surface area contributed by atoms with Crippen LogP contribution in [0.4, 0.5) is 18.3 Å². The molecule has 0 aliphatic carbocycles. The van der Waals surface area contributed by atoms with Crippen molar-refractivity contribution < 1.29 is 13.2 Å². The smallest absolute Gasteiger partial charge is 0.355 e. The first-order valence-corrected chi connectivity index (χ1v) is 5.77. The Bertz CT molecular complexity index is 450. The quantitative estimate of drug-likeness (QED) is 0.927. The molecule has 86 valence electrons. The number of halogens is 3. The molecule has 0 radical (unpaired) electrons. The van der Waals surface area contributed by atoms with Gasteiger partial charge in [0.25, 0.3) is 0 Å². The fourth-order valence-corrected chi connectivity index (χ4v) is 2.04. The molecule has 4 nitrogen and oxygen atoms in total. The van der Waals surface area contributed by atoms with Crippen LogP contribution in [0.1, 0.15) is 9.88 Å². The van der Waals surface area contributed by atoms with Gasteiger partial charge in [0, 0.05) is 11.1 Å². The Hall–Kier alpha value is -1.22. The van der Waals surface area contributed by atoms with Gasteiger partial charge in [-0.1, -0.05) is 11.3 Å². The van der Waals surface area contributed by atoms with Crippen LogP contribution in [-0.4, -0.2) is 15.2 Å². The molecule has 9 heteroatoms. The average molecular weight is 266 g/mol. The molecule has 0 aliphatic rings. The molecule has 0 unspecified atom stereocenters. The van der Waals surface area contributed by atoms with Crippen LogP contribution in [0.3, 0.4) is 0 Å². The lowest BCUT2D eigenvalue weighted by Crippen LogP contribution is -2.03. The largest absolute Gasteiger partial charge is 0.445 e. The van der Waals surface area contributed by atoms with Crippen molar-refractivity contribution in [3.63, 3.8) is 0 Å². The number of nitrogens with one attached hydrogen (secondary N) is 1. The fourth-order valence-electron chi connectivity index (χ4n) is 0.901. The van der Waals surface area contributed by atoms with E-state index in [9.17, 15) is 13.2 Å². The SMILES string of the molecule is FC(F)(F)c1nnc(NCc2cncs2)s1. The van der Waals surface area contributed by atoms with Gasteiger partial charge in [0.15, 0.2) is 0 Å². The van der Waals surface area contributed by atoms with Crippen LogP contribution >= 0.6 is 22.7 Å². The van der Waals surface area contributed by atoms with Crippen molar-refractivity contribution in [2.75, 3.05) is 5.32 Å². The number of thiazole rings is 1. The maximum atomic E-state index is 12.2. The molecule has 1 N–H and O–H groups in total. The predicted molar refractivity (Wildman–Crippen MR) is 54.4 cm³/mol. The van der Waals surface area contributed by atoms with Gasteiger partial charge in [-0.3, -0.25) is 4.98 Å². The number of rotatable bonds is 3. The third-order valence-electron chi connectivity index (χ3n) is 1.56. The van der Waals surface area contributed by atoms with Crippen LogP contribution in [0, 0.1) is 0 Å². The minimum Gasteiger partial charge on any atom is -0.355 e. The van der Waals surface area contributed by atoms with Crippen molar-refractivity contribution in [3.05, 3.63) is 21.6 Å². The molecular weight excluding hydrogens is 261 g/mol. The first-order valence-electron chi connectivity index (χ1n) is 4.07. The van der Waals surface area contributed by atoms with E-state index < -0.39 is 11.2 Å². The normalized spacial score (nSPS) is 11.7. The number of nitrogens with zero attached hydrogens (tertiary/aromatic N) is 3. The van der Waals surface area contributed by atoms with Crippen LogP contribution in [0.5, 0.6) is 0 Å². The molecule has 0 amide bonds. The minimum atomic E-state index is -4.43. The van der Waals surface area contributed by atoms with Crippen molar-refractivity contribution in [3.8, 4) is 0 Å². The molecule has 0 spiro atoms. The number of aromatic nitrogens is 3. The van der Waals surface area contributed by atoms with Crippen LogP contribution in [0.25, 0.3) is 0 Å². The van der Waals surface area contributed by atoms with E-state index >= 15 is 0 Å². The molecule has 16 heavy (non-hydrogen) atoms. The third-order valence-corrected chi connectivity index (χ3v) is 3.27. The topological polar surface area (TPSA) is 50.7 Å². The van der Waals surface area contributed by atoms with E-state index in [1.54, 1.807) is 11.7 Å². The maximum Gasteiger partial charge on any atom is 0.445 e. The third kappa shape index (κ3) is 2.67. The lowest BCUT2D eigenvalue weighted by Gasteiger charge is -1.98. The highest BCUT2D eigenvalue weighted by molar-refractivity contribution is 7.15. The molecule has 0 fully saturated rings. The van der Waals surface area contributed by atoms with Gasteiger partial charge in [0.05, 0.1) is 12.1 Å². The zero-order valence-corrected chi connectivity index (χ0v) is 9.29. The Morgan fingerprint density at radius 1 is 1.31 bits per heavy atom. The highest BCUT2D eigenvalue weighted by Crippen LogP contribution is 2.33. The maximum absolute atomic E-state index is 12.2. The Morgan fingerprint density at radius 2 is 2.12 bits per heavy atom. The van der Waals surface area contributed by atoms with Gasteiger partial charge in [0.2, 0.25) is 10.1 Å². The molecule has 2 rings (SSSR count). The van der Waals surface area contributed by atoms with Gasteiger partial charge in [-0.2, -0.15) is 13.2 Å². The Morgan fingerprint density at radius 3 is 2.69 bits per heavy atom. The van der Waals surface area contributed by atoms with E-state index in [1.165, 1.54) is 11.3 Å². The minimum absolute atomic E-state index is 0.153. The second kappa shape index (κ2) is 4.34. The zero-order chi connectivity index (χ0) is 11.6. The van der Waals surface area contributed by atoms with Crippen LogP contribution in [-0.2, 0) is 12.7 Å². The molecule has 2 aromatic rings. The van der Waals surface area contributed by atoms with Crippen LogP contribution in [0.15, 0.2) is 11.7 Å². The molecular formula is C7H5F3N4S2. The van der Waals surface area contributed by atoms with Crippen LogP contribution in [0.2, 0.25) is 0 Å². The lowest BCUT2D eigenvalue weighted by molar-refractivity contribution is -0.138. The van der Waals surface area contributed by atoms with Crippen molar-refractivity contribution in [1.29, 1.82) is 0 Å². The predicted octanol–water partition coefficient (Wildman–Crippen LogP) is 2.63. The van der Waals surface area contributed by atoms with Crippen molar-refractivity contribution in [1.82, 2.24) is 15.2 Å². The molecule has 0 atom stereocenters. The Kier molecular flexibility index (Phi) is 3.06. The number of anilines is 1. The van der Waals surface area contributed by atoms with E-state index in [4.69, 9.17) is 0 Å². The second-order valence-electron chi connectivity index (χ2n) is 2.73. The summed E-state index contributed by atoms with van der Waals surface area (Å²) in [7, 11) is 0. The molecule has 0 saturated carbocycles. The summed E-state index contributed by atoms with van der Waals surface area (Å²) < 4.78 is 36.6. The summed E-state index contributed by atoms with van der Waals surface area (Å²) >= 11 is 1.90. The van der Waals surface area contributed by atoms with Crippen LogP contribution < -0.4 is 5.32 Å². The number of alkyl halides is 3. The number of hydrogen-bond donors (Lipinski definition) is 1. The summed E-state index contributed by atoms with van der Waals surface area (Å²) in [6.45, 7) is 0.400. The molecule has 0 bridgehead atoms. The van der Waals surface area contributed by atoms with E-state index in [0.29, 0.717) is 17.9 Å². The van der Waals surface area contributed by atoms with Gasteiger partial charge in [-0.25, -0.2) is 0 Å². The first kappa shape index (κ1) is 11.3. The summed E-state index contributed by atoms with van der Waals surface area (Å²) in [6.07, 6.45) is -2.79.